The lowest BCUT2D eigenvalue weighted by atomic mass is 10.2. The first-order valence-corrected chi connectivity index (χ1v) is 7.47. The molecule has 0 spiro atoms. The van der Waals surface area contributed by atoms with Crippen LogP contribution in [0.5, 0.6) is 5.75 Å². The van der Waals surface area contributed by atoms with Crippen LogP contribution in [0.4, 0.5) is 4.79 Å². The number of rotatable bonds is 7. The summed E-state index contributed by atoms with van der Waals surface area (Å²) >= 11 is 0. The first-order chi connectivity index (χ1) is 11.0. The Morgan fingerprint density at radius 2 is 1.87 bits per heavy atom. The van der Waals surface area contributed by atoms with Crippen LogP contribution < -0.4 is 15.4 Å². The predicted octanol–water partition coefficient (Wildman–Crippen LogP) is 1.87. The third-order valence-electron chi connectivity index (χ3n) is 2.98. The van der Waals surface area contributed by atoms with Crippen LogP contribution in [-0.4, -0.2) is 37.2 Å². The Kier molecular flexibility index (Phi) is 7.59. The van der Waals surface area contributed by atoms with Crippen molar-refractivity contribution >= 4 is 17.9 Å². The van der Waals surface area contributed by atoms with Crippen LogP contribution in [0, 0.1) is 0 Å². The minimum Gasteiger partial charge on any atom is -0.493 e. The third-order valence-corrected chi connectivity index (χ3v) is 2.98. The molecule has 0 heterocycles. The second-order valence-corrected chi connectivity index (χ2v) is 4.84. The Bertz CT molecular complexity index is 559. The van der Waals surface area contributed by atoms with Crippen LogP contribution in [0.1, 0.15) is 37.6 Å². The maximum absolute atomic E-state index is 12.0. The van der Waals surface area contributed by atoms with Gasteiger partial charge in [0.25, 0.3) is 5.91 Å². The maximum Gasteiger partial charge on any atom is 0.342 e. The molecule has 0 saturated heterocycles. The van der Waals surface area contributed by atoms with Crippen LogP contribution in [0.2, 0.25) is 0 Å². The third kappa shape index (κ3) is 6.37. The molecule has 0 aliphatic rings. The Balaban J connectivity index is 2.50. The summed E-state index contributed by atoms with van der Waals surface area (Å²) in [5.41, 5.74) is 0.228. The van der Waals surface area contributed by atoms with Crippen LogP contribution in [0.15, 0.2) is 24.3 Å². The van der Waals surface area contributed by atoms with Gasteiger partial charge >= 0.3 is 12.0 Å². The molecular weight excluding hydrogens is 300 g/mol. The number of hydrogen-bond donors (Lipinski definition) is 2. The van der Waals surface area contributed by atoms with Gasteiger partial charge in [0.05, 0.1) is 6.61 Å². The number of para-hydroxylation sites is 1. The molecule has 23 heavy (non-hydrogen) atoms. The standard InChI is InChI=1S/C16H22N2O5/c1-4-11(3)17-16(21)18-14(19)10-23-15(20)12-8-6-7-9-13(12)22-5-2/h6-9,11H,4-5,10H2,1-3H3,(H2,17,18,19,21)/t11-/m1/s1. The molecule has 0 aromatic heterocycles. The van der Waals surface area contributed by atoms with Crippen LogP contribution >= 0.6 is 0 Å². The molecule has 1 atom stereocenters. The van der Waals surface area contributed by atoms with Crippen molar-refractivity contribution < 1.29 is 23.9 Å². The van der Waals surface area contributed by atoms with Crippen molar-refractivity contribution in [3.05, 3.63) is 29.8 Å². The Morgan fingerprint density at radius 3 is 2.52 bits per heavy atom. The van der Waals surface area contributed by atoms with Crippen molar-refractivity contribution in [2.75, 3.05) is 13.2 Å². The van der Waals surface area contributed by atoms with Crippen molar-refractivity contribution in [3.8, 4) is 5.75 Å². The fraction of sp³-hybridized carbons (Fsp3) is 0.438. The van der Waals surface area contributed by atoms with Gasteiger partial charge in [-0.1, -0.05) is 19.1 Å². The number of carbonyl (C=O) groups is 3. The lowest BCUT2D eigenvalue weighted by Crippen LogP contribution is -2.44. The van der Waals surface area contributed by atoms with Gasteiger partial charge in [0.15, 0.2) is 6.61 Å². The van der Waals surface area contributed by atoms with E-state index in [2.05, 4.69) is 10.6 Å². The molecule has 2 N–H and O–H groups in total. The fourth-order valence-electron chi connectivity index (χ4n) is 1.65. The van der Waals surface area contributed by atoms with Gasteiger partial charge in [-0.3, -0.25) is 10.1 Å². The molecule has 3 amide bonds. The minimum absolute atomic E-state index is 0.0524. The molecule has 0 bridgehead atoms. The average molecular weight is 322 g/mol. The highest BCUT2D eigenvalue weighted by Crippen LogP contribution is 2.18. The van der Waals surface area contributed by atoms with E-state index in [1.54, 1.807) is 31.2 Å². The Hall–Kier alpha value is -2.57. The molecule has 126 valence electrons. The van der Waals surface area contributed by atoms with E-state index >= 15 is 0 Å². The zero-order valence-corrected chi connectivity index (χ0v) is 13.5. The van der Waals surface area contributed by atoms with Gasteiger partial charge in [0.2, 0.25) is 0 Å². The highest BCUT2D eigenvalue weighted by atomic mass is 16.5. The van der Waals surface area contributed by atoms with Crippen LogP contribution in [0.25, 0.3) is 0 Å². The molecule has 0 aliphatic heterocycles. The fourth-order valence-corrected chi connectivity index (χ4v) is 1.65. The van der Waals surface area contributed by atoms with Crippen LogP contribution in [-0.2, 0) is 9.53 Å². The van der Waals surface area contributed by atoms with Gasteiger partial charge in [0.1, 0.15) is 11.3 Å². The molecule has 0 unspecified atom stereocenters. The molecule has 1 rings (SSSR count). The van der Waals surface area contributed by atoms with Gasteiger partial charge < -0.3 is 14.8 Å². The lowest BCUT2D eigenvalue weighted by Gasteiger charge is -2.12. The first kappa shape index (κ1) is 18.5. The smallest absolute Gasteiger partial charge is 0.342 e. The van der Waals surface area contributed by atoms with E-state index in [1.165, 1.54) is 0 Å². The average Bonchev–Trinajstić information content (AvgIpc) is 2.53. The van der Waals surface area contributed by atoms with Crippen molar-refractivity contribution in [2.45, 2.75) is 33.2 Å². The summed E-state index contributed by atoms with van der Waals surface area (Å²) in [5, 5.41) is 4.67. The summed E-state index contributed by atoms with van der Waals surface area (Å²) in [6, 6.07) is 5.91. The highest BCUT2D eigenvalue weighted by Gasteiger charge is 2.16. The van der Waals surface area contributed by atoms with Crippen molar-refractivity contribution in [3.63, 3.8) is 0 Å². The first-order valence-electron chi connectivity index (χ1n) is 7.47. The molecule has 1 aromatic rings. The molecule has 0 saturated carbocycles. The molecular formula is C16H22N2O5. The monoisotopic (exact) mass is 322 g/mol. The second-order valence-electron chi connectivity index (χ2n) is 4.84. The number of esters is 1. The maximum atomic E-state index is 12.0. The zero-order chi connectivity index (χ0) is 17.2. The normalized spacial score (nSPS) is 11.3. The molecule has 7 heteroatoms. The number of ether oxygens (including phenoxy) is 2. The van der Waals surface area contributed by atoms with E-state index in [9.17, 15) is 14.4 Å². The van der Waals surface area contributed by atoms with E-state index in [1.807, 2.05) is 13.8 Å². The van der Waals surface area contributed by atoms with Gasteiger partial charge in [-0.2, -0.15) is 0 Å². The molecule has 1 aromatic carbocycles. The van der Waals surface area contributed by atoms with Gasteiger partial charge in [-0.15, -0.1) is 0 Å². The van der Waals surface area contributed by atoms with Crippen molar-refractivity contribution in [2.24, 2.45) is 0 Å². The van der Waals surface area contributed by atoms with E-state index in [0.29, 0.717) is 12.4 Å². The number of imide groups is 1. The quantitative estimate of drug-likeness (QED) is 0.747. The number of amides is 3. The topological polar surface area (TPSA) is 93.7 Å². The van der Waals surface area contributed by atoms with E-state index in [4.69, 9.17) is 9.47 Å². The summed E-state index contributed by atoms with van der Waals surface area (Å²) in [7, 11) is 0. The molecule has 0 aliphatic carbocycles. The van der Waals surface area contributed by atoms with Crippen LogP contribution in [0.3, 0.4) is 0 Å². The van der Waals surface area contributed by atoms with E-state index in [0.717, 1.165) is 6.42 Å². The summed E-state index contributed by atoms with van der Waals surface area (Å²) in [6.07, 6.45) is 0.741. The number of urea groups is 1. The number of benzene rings is 1. The summed E-state index contributed by atoms with van der Waals surface area (Å²) < 4.78 is 10.2. The summed E-state index contributed by atoms with van der Waals surface area (Å²) in [6.45, 7) is 5.37. The summed E-state index contributed by atoms with van der Waals surface area (Å²) in [5.74, 6) is -1.01. The van der Waals surface area contributed by atoms with Gasteiger partial charge in [-0.25, -0.2) is 9.59 Å². The summed E-state index contributed by atoms with van der Waals surface area (Å²) in [4.78, 5) is 35.0. The SMILES string of the molecule is CCOc1ccccc1C(=O)OCC(=O)NC(=O)N[C@H](C)CC. The van der Waals surface area contributed by atoms with Crippen molar-refractivity contribution in [1.82, 2.24) is 10.6 Å². The zero-order valence-electron chi connectivity index (χ0n) is 13.5. The number of nitrogens with one attached hydrogen (secondary N) is 2. The minimum atomic E-state index is -0.701. The number of carbonyl (C=O) groups excluding carboxylic acids is 3. The molecule has 0 fully saturated rings. The molecule has 7 nitrogen and oxygen atoms in total. The Labute approximate surface area is 135 Å². The lowest BCUT2D eigenvalue weighted by molar-refractivity contribution is -0.123. The number of hydrogen-bond acceptors (Lipinski definition) is 5. The van der Waals surface area contributed by atoms with Crippen molar-refractivity contribution in [1.29, 1.82) is 0 Å². The second kappa shape index (κ2) is 9.45. The predicted molar refractivity (Wildman–Crippen MR) is 84.3 cm³/mol. The van der Waals surface area contributed by atoms with Gasteiger partial charge in [-0.05, 0) is 32.4 Å². The Morgan fingerprint density at radius 1 is 1.17 bits per heavy atom. The molecule has 0 radical (unpaired) electrons. The van der Waals surface area contributed by atoms with E-state index < -0.39 is 24.5 Å². The van der Waals surface area contributed by atoms with E-state index in [-0.39, 0.29) is 11.6 Å². The highest BCUT2D eigenvalue weighted by molar-refractivity contribution is 5.97. The largest absolute Gasteiger partial charge is 0.493 e. The van der Waals surface area contributed by atoms with Gasteiger partial charge in [0, 0.05) is 6.04 Å².